The van der Waals surface area contributed by atoms with E-state index in [0.717, 1.165) is 29.0 Å². The number of aryl methyl sites for hydroxylation is 1. The van der Waals surface area contributed by atoms with E-state index in [4.69, 9.17) is 4.74 Å². The SMILES string of the molecule is CC.Cc1cc(Nc2nccc(C(F)(F)F)n2)cc(-c2cnn(CC3CN(C)C(=O)O3)c2)c1. The molecular formula is C22H25F3N6O2. The Morgan fingerprint density at radius 1 is 1.21 bits per heavy atom. The first kappa shape index (κ1) is 24.0. The highest BCUT2D eigenvalue weighted by Gasteiger charge is 2.33. The molecule has 1 aliphatic rings. The quantitative estimate of drug-likeness (QED) is 0.581. The second-order valence-electron chi connectivity index (χ2n) is 7.31. The number of likely N-dealkylation sites (N-methyl/N-ethyl adjacent to an activating group) is 1. The number of aromatic nitrogens is 4. The van der Waals surface area contributed by atoms with Gasteiger partial charge in [-0.25, -0.2) is 14.8 Å². The van der Waals surface area contributed by atoms with Crippen LogP contribution in [0.4, 0.5) is 29.6 Å². The number of halogens is 3. The Balaban J connectivity index is 0.00000149. The summed E-state index contributed by atoms with van der Waals surface area (Å²) in [5, 5.41) is 7.16. The summed E-state index contributed by atoms with van der Waals surface area (Å²) in [6.07, 6.45) is -0.618. The van der Waals surface area contributed by atoms with Crippen molar-refractivity contribution in [2.75, 3.05) is 18.9 Å². The Kier molecular flexibility index (Phi) is 7.19. The van der Waals surface area contributed by atoms with Gasteiger partial charge < -0.3 is 15.0 Å². The van der Waals surface area contributed by atoms with E-state index in [9.17, 15) is 18.0 Å². The zero-order valence-electron chi connectivity index (χ0n) is 18.7. The molecule has 3 heterocycles. The van der Waals surface area contributed by atoms with Crippen molar-refractivity contribution in [2.24, 2.45) is 0 Å². The number of anilines is 2. The van der Waals surface area contributed by atoms with Crippen molar-refractivity contribution in [2.45, 2.75) is 39.6 Å². The van der Waals surface area contributed by atoms with Crippen molar-refractivity contribution in [1.82, 2.24) is 24.6 Å². The van der Waals surface area contributed by atoms with Crippen LogP contribution >= 0.6 is 0 Å². The molecular weight excluding hydrogens is 437 g/mol. The number of hydrogen-bond donors (Lipinski definition) is 1. The van der Waals surface area contributed by atoms with Crippen LogP contribution in [0.25, 0.3) is 11.1 Å². The number of nitrogens with zero attached hydrogens (tertiary/aromatic N) is 5. The molecule has 0 aliphatic carbocycles. The van der Waals surface area contributed by atoms with Crippen molar-refractivity contribution in [3.63, 3.8) is 0 Å². The zero-order chi connectivity index (χ0) is 24.2. The Bertz CT molecular complexity index is 1120. The Hall–Kier alpha value is -3.63. The number of rotatable bonds is 5. The van der Waals surface area contributed by atoms with Crippen LogP contribution in [-0.4, -0.2) is 50.4 Å². The molecule has 1 amide bonds. The number of carbonyl (C=O) groups is 1. The summed E-state index contributed by atoms with van der Waals surface area (Å²) >= 11 is 0. The number of carbonyl (C=O) groups excluding carboxylic acids is 1. The van der Waals surface area contributed by atoms with Crippen LogP contribution in [0.5, 0.6) is 0 Å². The van der Waals surface area contributed by atoms with E-state index < -0.39 is 11.9 Å². The first-order valence-electron chi connectivity index (χ1n) is 10.4. The molecule has 8 nitrogen and oxygen atoms in total. The Labute approximate surface area is 189 Å². The van der Waals surface area contributed by atoms with E-state index in [0.29, 0.717) is 18.8 Å². The van der Waals surface area contributed by atoms with E-state index in [2.05, 4.69) is 20.4 Å². The van der Waals surface area contributed by atoms with Gasteiger partial charge in [-0.1, -0.05) is 19.9 Å². The molecule has 11 heteroatoms. The van der Waals surface area contributed by atoms with Gasteiger partial charge in [0.25, 0.3) is 0 Å². The number of ether oxygens (including phenoxy) is 1. The largest absolute Gasteiger partial charge is 0.442 e. The van der Waals surface area contributed by atoms with E-state index in [1.165, 1.54) is 4.90 Å². The average molecular weight is 462 g/mol. The smallest absolute Gasteiger partial charge is 0.433 e. The van der Waals surface area contributed by atoms with Gasteiger partial charge >= 0.3 is 12.3 Å². The number of amides is 1. The first-order chi connectivity index (χ1) is 15.7. The fourth-order valence-electron chi connectivity index (χ4n) is 3.29. The third-order valence-corrected chi connectivity index (χ3v) is 4.69. The van der Waals surface area contributed by atoms with Crippen LogP contribution in [0.15, 0.2) is 42.9 Å². The highest BCUT2D eigenvalue weighted by atomic mass is 19.4. The minimum Gasteiger partial charge on any atom is -0.442 e. The summed E-state index contributed by atoms with van der Waals surface area (Å²) in [6.45, 7) is 6.79. The van der Waals surface area contributed by atoms with Crippen molar-refractivity contribution in [1.29, 1.82) is 0 Å². The predicted molar refractivity (Wildman–Crippen MR) is 117 cm³/mol. The first-order valence-corrected chi connectivity index (χ1v) is 10.4. The molecule has 1 aromatic carbocycles. The van der Waals surface area contributed by atoms with Crippen molar-refractivity contribution < 1.29 is 22.7 Å². The lowest BCUT2D eigenvalue weighted by atomic mass is 10.1. The van der Waals surface area contributed by atoms with Gasteiger partial charge in [-0.05, 0) is 36.2 Å². The zero-order valence-corrected chi connectivity index (χ0v) is 18.7. The van der Waals surface area contributed by atoms with Gasteiger partial charge in [0.05, 0.1) is 19.3 Å². The fourth-order valence-corrected chi connectivity index (χ4v) is 3.29. The number of cyclic esters (lactones) is 1. The third-order valence-electron chi connectivity index (χ3n) is 4.69. The maximum Gasteiger partial charge on any atom is 0.433 e. The molecule has 0 spiro atoms. The Morgan fingerprint density at radius 3 is 2.64 bits per heavy atom. The van der Waals surface area contributed by atoms with Crippen LogP contribution in [0.3, 0.4) is 0 Å². The maximum absolute atomic E-state index is 12.9. The van der Waals surface area contributed by atoms with Gasteiger partial charge in [-0.3, -0.25) is 4.68 Å². The summed E-state index contributed by atoms with van der Waals surface area (Å²) in [6, 6.07) is 6.32. The van der Waals surface area contributed by atoms with Gasteiger partial charge in [0.1, 0.15) is 11.8 Å². The molecule has 2 aromatic heterocycles. The van der Waals surface area contributed by atoms with Gasteiger partial charge in [-0.15, -0.1) is 0 Å². The molecule has 1 unspecified atom stereocenters. The molecule has 1 N–H and O–H groups in total. The van der Waals surface area contributed by atoms with Crippen molar-refractivity contribution in [3.05, 3.63) is 54.1 Å². The number of alkyl halides is 3. The molecule has 176 valence electrons. The third kappa shape index (κ3) is 5.99. The van der Waals surface area contributed by atoms with Crippen molar-refractivity contribution >= 4 is 17.7 Å². The summed E-state index contributed by atoms with van der Waals surface area (Å²) < 4.78 is 45.6. The van der Waals surface area contributed by atoms with Gasteiger partial charge in [0, 0.05) is 30.7 Å². The topological polar surface area (TPSA) is 85.2 Å². The lowest BCUT2D eigenvalue weighted by molar-refractivity contribution is -0.141. The Morgan fingerprint density at radius 2 is 1.97 bits per heavy atom. The molecule has 0 radical (unpaired) electrons. The minimum atomic E-state index is -4.55. The van der Waals surface area contributed by atoms with E-state index >= 15 is 0 Å². The number of benzene rings is 1. The second-order valence-corrected chi connectivity index (χ2v) is 7.31. The molecule has 1 atom stereocenters. The predicted octanol–water partition coefficient (Wildman–Crippen LogP) is 4.89. The molecule has 1 aliphatic heterocycles. The highest BCUT2D eigenvalue weighted by molar-refractivity contribution is 5.70. The molecule has 33 heavy (non-hydrogen) atoms. The van der Waals surface area contributed by atoms with E-state index in [1.807, 2.05) is 33.0 Å². The average Bonchev–Trinajstić information content (AvgIpc) is 3.35. The summed E-state index contributed by atoms with van der Waals surface area (Å²) in [5.74, 6) is -0.144. The summed E-state index contributed by atoms with van der Waals surface area (Å²) in [5.41, 5.74) is 2.06. The van der Waals surface area contributed by atoms with Crippen LogP contribution in [0.1, 0.15) is 25.1 Å². The maximum atomic E-state index is 12.9. The normalized spacial score (nSPS) is 15.7. The molecule has 4 rings (SSSR count). The van der Waals surface area contributed by atoms with Crippen LogP contribution in [0.2, 0.25) is 0 Å². The molecule has 1 saturated heterocycles. The van der Waals surface area contributed by atoms with Crippen LogP contribution < -0.4 is 5.32 Å². The highest BCUT2D eigenvalue weighted by Crippen LogP contribution is 2.29. The fraction of sp³-hybridized carbons (Fsp3) is 0.364. The number of hydrogen-bond acceptors (Lipinski definition) is 6. The molecule has 0 saturated carbocycles. The minimum absolute atomic E-state index is 0.144. The summed E-state index contributed by atoms with van der Waals surface area (Å²) in [7, 11) is 1.67. The van der Waals surface area contributed by atoms with Crippen LogP contribution in [0, 0.1) is 6.92 Å². The van der Waals surface area contributed by atoms with E-state index in [1.54, 1.807) is 30.1 Å². The standard InChI is InChI=1S/C20H19F3N6O2.C2H6/c1-12-5-13(14-8-25-29(9-14)11-16-10-28(2)19(30)31-16)7-15(6-12)26-18-24-4-3-17(27-18)20(21,22)23;1-2/h3-9,16H,10-11H2,1-2H3,(H,24,26,27);1-2H3. The lowest BCUT2D eigenvalue weighted by Crippen LogP contribution is -2.22. The molecule has 1 fully saturated rings. The van der Waals surface area contributed by atoms with Gasteiger partial charge in [0.15, 0.2) is 0 Å². The lowest BCUT2D eigenvalue weighted by Gasteiger charge is -2.10. The van der Waals surface area contributed by atoms with Gasteiger partial charge in [-0.2, -0.15) is 18.3 Å². The molecule has 0 bridgehead atoms. The molecule has 3 aromatic rings. The number of nitrogens with one attached hydrogen (secondary N) is 1. The van der Waals surface area contributed by atoms with Gasteiger partial charge in [0.2, 0.25) is 5.95 Å². The van der Waals surface area contributed by atoms with Crippen molar-refractivity contribution in [3.8, 4) is 11.1 Å². The van der Waals surface area contributed by atoms with E-state index in [-0.39, 0.29) is 18.1 Å². The summed E-state index contributed by atoms with van der Waals surface area (Å²) in [4.78, 5) is 20.4. The monoisotopic (exact) mass is 462 g/mol. The second kappa shape index (κ2) is 9.88. The van der Waals surface area contributed by atoms with Crippen LogP contribution in [-0.2, 0) is 17.5 Å².